The molecule has 0 aromatic heterocycles. The Morgan fingerprint density at radius 2 is 1.68 bits per heavy atom. The molecule has 1 N–H and O–H groups in total. The Morgan fingerprint density at radius 1 is 1.03 bits per heavy atom. The highest BCUT2D eigenvalue weighted by molar-refractivity contribution is 6.30. The third-order valence-electron chi connectivity index (χ3n) is 5.43. The van der Waals surface area contributed by atoms with Gasteiger partial charge >= 0.3 is 5.97 Å². The van der Waals surface area contributed by atoms with E-state index in [9.17, 15) is 4.79 Å². The van der Waals surface area contributed by atoms with E-state index in [1.54, 1.807) is 6.92 Å². The molecule has 1 heterocycles. The summed E-state index contributed by atoms with van der Waals surface area (Å²) in [5.74, 6) is -0.444. The molecule has 1 fully saturated rings. The van der Waals surface area contributed by atoms with Crippen molar-refractivity contribution in [2.45, 2.75) is 19.1 Å². The molecule has 1 aliphatic rings. The fraction of sp³-hybridized carbons (Fsp3) is 0.458. The van der Waals surface area contributed by atoms with Crippen molar-refractivity contribution in [2.75, 3.05) is 52.5 Å². The lowest BCUT2D eigenvalue weighted by Crippen LogP contribution is -2.48. The molecule has 1 saturated heterocycles. The van der Waals surface area contributed by atoms with E-state index in [2.05, 4.69) is 46.2 Å². The van der Waals surface area contributed by atoms with Gasteiger partial charge in [0.25, 0.3) is 0 Å². The number of halogens is 1. The predicted molar refractivity (Wildman–Crippen MR) is 121 cm³/mol. The van der Waals surface area contributed by atoms with E-state index in [0.29, 0.717) is 6.61 Å². The van der Waals surface area contributed by atoms with Crippen molar-refractivity contribution in [1.29, 1.82) is 0 Å². The first-order valence-electron chi connectivity index (χ1n) is 10.7. The van der Waals surface area contributed by atoms with Gasteiger partial charge in [0.1, 0.15) is 12.7 Å². The Bertz CT molecular complexity index is 795. The number of benzene rings is 2. The Balaban J connectivity index is 1.50. The van der Waals surface area contributed by atoms with Gasteiger partial charge in [-0.1, -0.05) is 54.1 Å². The van der Waals surface area contributed by atoms with Crippen LogP contribution in [0.4, 0.5) is 0 Å². The Hall–Kier alpha value is -1.96. The molecule has 0 spiro atoms. The van der Waals surface area contributed by atoms with Gasteiger partial charge in [0.2, 0.25) is 0 Å². The number of hydrogen-bond acceptors (Lipinski definition) is 6. The minimum Gasteiger partial charge on any atom is -0.459 e. The molecule has 2 aromatic rings. The molecule has 0 radical (unpaired) electrons. The summed E-state index contributed by atoms with van der Waals surface area (Å²) in [5.41, 5.74) is 2.51. The third-order valence-corrected chi connectivity index (χ3v) is 5.69. The van der Waals surface area contributed by atoms with Gasteiger partial charge in [-0.3, -0.25) is 9.80 Å². The van der Waals surface area contributed by atoms with Crippen LogP contribution >= 0.6 is 11.6 Å². The lowest BCUT2D eigenvalue weighted by Gasteiger charge is -2.39. The van der Waals surface area contributed by atoms with Crippen LogP contribution in [-0.2, 0) is 14.3 Å². The van der Waals surface area contributed by atoms with Crippen LogP contribution in [0, 0.1) is 0 Å². The molecule has 2 atom stereocenters. The largest absolute Gasteiger partial charge is 0.459 e. The summed E-state index contributed by atoms with van der Waals surface area (Å²) in [6, 6.07) is 18.9. The van der Waals surface area contributed by atoms with E-state index in [-0.39, 0.29) is 19.3 Å². The molecule has 31 heavy (non-hydrogen) atoms. The number of aliphatic hydroxyl groups excluding tert-OH is 1. The number of carbonyl (C=O) groups excluding carboxylic acids is 1. The van der Waals surface area contributed by atoms with Gasteiger partial charge in [0.15, 0.2) is 0 Å². The van der Waals surface area contributed by atoms with Gasteiger partial charge in [-0.2, -0.15) is 0 Å². The average Bonchev–Trinajstić information content (AvgIpc) is 2.80. The van der Waals surface area contributed by atoms with Gasteiger partial charge in [0, 0.05) is 37.7 Å². The van der Waals surface area contributed by atoms with Gasteiger partial charge in [0.05, 0.1) is 19.3 Å². The fourth-order valence-electron chi connectivity index (χ4n) is 3.78. The quantitative estimate of drug-likeness (QED) is 0.447. The topological polar surface area (TPSA) is 62.2 Å². The number of aliphatic hydroxyl groups is 1. The first-order valence-corrected chi connectivity index (χ1v) is 11.1. The molecule has 0 aliphatic carbocycles. The summed E-state index contributed by atoms with van der Waals surface area (Å²) >= 11 is 6.11. The van der Waals surface area contributed by atoms with E-state index in [1.165, 1.54) is 11.1 Å². The highest BCUT2D eigenvalue weighted by Gasteiger charge is 2.26. The van der Waals surface area contributed by atoms with E-state index in [4.69, 9.17) is 26.2 Å². The maximum Gasteiger partial charge on any atom is 0.332 e. The Kier molecular flexibility index (Phi) is 9.31. The van der Waals surface area contributed by atoms with Crippen molar-refractivity contribution >= 4 is 17.6 Å². The fourth-order valence-corrected chi connectivity index (χ4v) is 3.91. The number of ether oxygens (including phenoxy) is 2. The van der Waals surface area contributed by atoms with E-state index < -0.39 is 12.1 Å². The second-order valence-electron chi connectivity index (χ2n) is 7.78. The molecule has 1 aliphatic heterocycles. The smallest absolute Gasteiger partial charge is 0.332 e. The summed E-state index contributed by atoms with van der Waals surface area (Å²) in [6.45, 7) is 6.38. The minimum atomic E-state index is -0.498. The zero-order chi connectivity index (χ0) is 22.1. The second kappa shape index (κ2) is 12.2. The molecule has 0 saturated carbocycles. The molecule has 7 heteroatoms. The summed E-state index contributed by atoms with van der Waals surface area (Å²) < 4.78 is 10.4. The number of nitrogens with zero attached hydrogens (tertiary/aromatic N) is 2. The Labute approximate surface area is 189 Å². The molecular formula is C24H31ClN2O4. The van der Waals surface area contributed by atoms with Crippen LogP contribution in [0.25, 0.3) is 0 Å². The SMILES string of the molecule is CC(CO)OC(=O)COCCN1CCN(C(c2ccccc2)c2ccc(Cl)cc2)CC1. The second-order valence-corrected chi connectivity index (χ2v) is 8.21. The van der Waals surface area contributed by atoms with Crippen molar-refractivity contribution in [2.24, 2.45) is 0 Å². The number of rotatable bonds is 10. The lowest BCUT2D eigenvalue weighted by molar-refractivity contribution is -0.155. The van der Waals surface area contributed by atoms with Crippen molar-refractivity contribution in [3.63, 3.8) is 0 Å². The van der Waals surface area contributed by atoms with Crippen molar-refractivity contribution in [1.82, 2.24) is 9.80 Å². The minimum absolute atomic E-state index is 0.0864. The third kappa shape index (κ3) is 7.30. The highest BCUT2D eigenvalue weighted by Crippen LogP contribution is 2.30. The summed E-state index contributed by atoms with van der Waals surface area (Å²) in [5, 5.41) is 9.65. The maximum absolute atomic E-state index is 11.6. The van der Waals surface area contributed by atoms with Crippen LogP contribution in [-0.4, -0.2) is 79.5 Å². The summed E-state index contributed by atoms with van der Waals surface area (Å²) in [7, 11) is 0. The molecule has 0 bridgehead atoms. The normalized spacial score (nSPS) is 17.3. The van der Waals surface area contributed by atoms with E-state index in [1.807, 2.05) is 18.2 Å². The van der Waals surface area contributed by atoms with E-state index in [0.717, 1.165) is 37.7 Å². The first kappa shape index (κ1) is 23.7. The standard InChI is InChI=1S/C24H31ClN2O4/c1-19(17-28)31-23(29)18-30-16-15-26-11-13-27(14-12-26)24(20-5-3-2-4-6-20)21-7-9-22(25)10-8-21/h2-10,19,24,28H,11-18H2,1H3. The predicted octanol–water partition coefficient (Wildman–Crippen LogP) is 2.99. The maximum atomic E-state index is 11.6. The van der Waals surface area contributed by atoms with Crippen LogP contribution in [0.5, 0.6) is 0 Å². The average molecular weight is 447 g/mol. The molecule has 3 rings (SSSR count). The lowest BCUT2D eigenvalue weighted by atomic mass is 9.96. The van der Waals surface area contributed by atoms with Crippen LogP contribution in [0.2, 0.25) is 5.02 Å². The summed E-state index contributed by atoms with van der Waals surface area (Å²) in [4.78, 5) is 16.4. The molecular weight excluding hydrogens is 416 g/mol. The monoisotopic (exact) mass is 446 g/mol. The number of carbonyl (C=O) groups is 1. The van der Waals surface area contributed by atoms with Gasteiger partial charge in [-0.05, 0) is 30.2 Å². The highest BCUT2D eigenvalue weighted by atomic mass is 35.5. The van der Waals surface area contributed by atoms with Crippen LogP contribution in [0.3, 0.4) is 0 Å². The Morgan fingerprint density at radius 3 is 2.32 bits per heavy atom. The molecule has 2 unspecified atom stereocenters. The molecule has 168 valence electrons. The van der Waals surface area contributed by atoms with E-state index >= 15 is 0 Å². The molecule has 6 nitrogen and oxygen atoms in total. The molecule has 0 amide bonds. The van der Waals surface area contributed by atoms with Crippen LogP contribution in [0.1, 0.15) is 24.1 Å². The van der Waals surface area contributed by atoms with Crippen molar-refractivity contribution in [3.05, 3.63) is 70.7 Å². The molecule has 2 aromatic carbocycles. The zero-order valence-electron chi connectivity index (χ0n) is 18.0. The summed E-state index contributed by atoms with van der Waals surface area (Å²) in [6.07, 6.45) is -0.498. The van der Waals surface area contributed by atoms with Crippen LogP contribution < -0.4 is 0 Å². The van der Waals surface area contributed by atoms with Gasteiger partial charge in [-0.15, -0.1) is 0 Å². The number of hydrogen-bond donors (Lipinski definition) is 1. The first-order chi connectivity index (χ1) is 15.1. The zero-order valence-corrected chi connectivity index (χ0v) is 18.7. The number of piperazine rings is 1. The number of esters is 1. The van der Waals surface area contributed by atoms with Gasteiger partial charge < -0.3 is 14.6 Å². The van der Waals surface area contributed by atoms with Crippen molar-refractivity contribution in [3.8, 4) is 0 Å². The van der Waals surface area contributed by atoms with Gasteiger partial charge in [-0.25, -0.2) is 4.79 Å². The van der Waals surface area contributed by atoms with Crippen LogP contribution in [0.15, 0.2) is 54.6 Å². The van der Waals surface area contributed by atoms with Crippen molar-refractivity contribution < 1.29 is 19.4 Å².